The Balaban J connectivity index is 2.23. The predicted molar refractivity (Wildman–Crippen MR) is 81.2 cm³/mol. The van der Waals surface area contributed by atoms with E-state index in [0.29, 0.717) is 5.56 Å². The van der Waals surface area contributed by atoms with Gasteiger partial charge in [0.15, 0.2) is 6.10 Å². The highest BCUT2D eigenvalue weighted by molar-refractivity contribution is 9.10. The predicted octanol–water partition coefficient (Wildman–Crippen LogP) is 3.71. The van der Waals surface area contributed by atoms with Crippen molar-refractivity contribution >= 4 is 21.9 Å². The summed E-state index contributed by atoms with van der Waals surface area (Å²) in [5.41, 5.74) is 2.60. The zero-order valence-electron chi connectivity index (χ0n) is 11.0. The van der Waals surface area contributed by atoms with Gasteiger partial charge in [-0.05, 0) is 29.7 Å². The summed E-state index contributed by atoms with van der Waals surface area (Å²) in [4.78, 5) is 11.5. The van der Waals surface area contributed by atoms with E-state index in [1.807, 2.05) is 36.4 Å². The van der Waals surface area contributed by atoms with E-state index in [2.05, 4.69) is 15.9 Å². The Morgan fingerprint density at radius 1 is 1.20 bits per heavy atom. The van der Waals surface area contributed by atoms with Gasteiger partial charge < -0.3 is 9.84 Å². The highest BCUT2D eigenvalue weighted by atomic mass is 79.9. The molecule has 20 heavy (non-hydrogen) atoms. The Morgan fingerprint density at radius 2 is 1.85 bits per heavy atom. The second-order valence-corrected chi connectivity index (χ2v) is 5.11. The Morgan fingerprint density at radius 3 is 2.45 bits per heavy atom. The van der Waals surface area contributed by atoms with Crippen LogP contribution in [0.2, 0.25) is 0 Å². The zero-order chi connectivity index (χ0) is 14.5. The Hall–Kier alpha value is -1.65. The van der Waals surface area contributed by atoms with E-state index >= 15 is 0 Å². The molecule has 0 saturated heterocycles. The maximum absolute atomic E-state index is 11.5. The third kappa shape index (κ3) is 3.26. The van der Waals surface area contributed by atoms with Crippen LogP contribution in [0.25, 0.3) is 11.1 Å². The van der Waals surface area contributed by atoms with Gasteiger partial charge in [-0.2, -0.15) is 0 Å². The number of halogens is 1. The molecule has 2 aromatic rings. The van der Waals surface area contributed by atoms with Crippen molar-refractivity contribution in [1.29, 1.82) is 0 Å². The third-order valence-electron chi connectivity index (χ3n) is 2.92. The average molecular weight is 335 g/mol. The highest BCUT2D eigenvalue weighted by Gasteiger charge is 2.18. The number of aliphatic hydroxyl groups is 1. The number of hydrogen-bond donors (Lipinski definition) is 1. The molecule has 0 saturated carbocycles. The normalized spacial score (nSPS) is 11.9. The van der Waals surface area contributed by atoms with Crippen LogP contribution in [0.3, 0.4) is 0 Å². The Kier molecular flexibility index (Phi) is 4.93. The SMILES string of the molecule is CCOC(=O)C(O)c1ccc(-c2ccccc2Br)cc1. The number of carbonyl (C=O) groups is 1. The first-order valence-corrected chi connectivity index (χ1v) is 7.12. The number of rotatable bonds is 4. The summed E-state index contributed by atoms with van der Waals surface area (Å²) in [7, 11) is 0. The number of esters is 1. The molecule has 0 aromatic heterocycles. The fourth-order valence-corrected chi connectivity index (χ4v) is 2.41. The van der Waals surface area contributed by atoms with Gasteiger partial charge in [-0.25, -0.2) is 4.79 Å². The van der Waals surface area contributed by atoms with Gasteiger partial charge in [0.1, 0.15) is 0 Å². The third-order valence-corrected chi connectivity index (χ3v) is 3.61. The van der Waals surface area contributed by atoms with Crippen LogP contribution >= 0.6 is 15.9 Å². The fourth-order valence-electron chi connectivity index (χ4n) is 1.90. The van der Waals surface area contributed by atoms with E-state index in [1.54, 1.807) is 19.1 Å². The maximum Gasteiger partial charge on any atom is 0.339 e. The van der Waals surface area contributed by atoms with Crippen LogP contribution in [-0.4, -0.2) is 17.7 Å². The molecule has 0 amide bonds. The molecule has 2 aromatic carbocycles. The lowest BCUT2D eigenvalue weighted by Gasteiger charge is -2.11. The Labute approximate surface area is 126 Å². The summed E-state index contributed by atoms with van der Waals surface area (Å²) in [6.07, 6.45) is -1.23. The molecule has 0 radical (unpaired) electrons. The average Bonchev–Trinajstić information content (AvgIpc) is 2.47. The first-order valence-electron chi connectivity index (χ1n) is 6.33. The largest absolute Gasteiger partial charge is 0.464 e. The van der Waals surface area contributed by atoms with Crippen LogP contribution in [-0.2, 0) is 9.53 Å². The minimum Gasteiger partial charge on any atom is -0.464 e. The summed E-state index contributed by atoms with van der Waals surface area (Å²) in [5, 5.41) is 9.85. The molecule has 0 aliphatic heterocycles. The molecule has 3 nitrogen and oxygen atoms in total. The number of hydrogen-bond acceptors (Lipinski definition) is 3. The van der Waals surface area contributed by atoms with Crippen molar-refractivity contribution in [3.63, 3.8) is 0 Å². The van der Waals surface area contributed by atoms with Crippen molar-refractivity contribution in [2.24, 2.45) is 0 Å². The molecular weight excluding hydrogens is 320 g/mol. The smallest absolute Gasteiger partial charge is 0.339 e. The van der Waals surface area contributed by atoms with Crippen molar-refractivity contribution in [2.45, 2.75) is 13.0 Å². The van der Waals surface area contributed by atoms with E-state index in [1.165, 1.54) is 0 Å². The molecule has 2 rings (SSSR count). The molecule has 4 heteroatoms. The summed E-state index contributed by atoms with van der Waals surface area (Å²) in [5.74, 6) is -0.624. The summed E-state index contributed by atoms with van der Waals surface area (Å²) >= 11 is 3.50. The molecule has 0 fully saturated rings. The van der Waals surface area contributed by atoms with Crippen molar-refractivity contribution < 1.29 is 14.6 Å². The second kappa shape index (κ2) is 6.68. The number of aliphatic hydroxyl groups excluding tert-OH is 1. The van der Waals surface area contributed by atoms with E-state index in [4.69, 9.17) is 4.74 Å². The van der Waals surface area contributed by atoms with Gasteiger partial charge in [-0.3, -0.25) is 0 Å². The van der Waals surface area contributed by atoms with Crippen molar-refractivity contribution in [3.05, 3.63) is 58.6 Å². The van der Waals surface area contributed by atoms with Crippen molar-refractivity contribution in [1.82, 2.24) is 0 Å². The molecule has 1 atom stereocenters. The lowest BCUT2D eigenvalue weighted by Crippen LogP contribution is -2.15. The van der Waals surface area contributed by atoms with Crippen LogP contribution in [0.5, 0.6) is 0 Å². The molecular formula is C16H15BrO3. The van der Waals surface area contributed by atoms with Gasteiger partial charge >= 0.3 is 5.97 Å². The molecule has 0 spiro atoms. The summed E-state index contributed by atoms with van der Waals surface area (Å²) in [6, 6.07) is 15.1. The molecule has 1 N–H and O–H groups in total. The second-order valence-electron chi connectivity index (χ2n) is 4.26. The molecule has 1 unspecified atom stereocenters. The molecule has 0 aliphatic rings. The Bertz CT molecular complexity index is 593. The standard InChI is InChI=1S/C16H15BrO3/c1-2-20-16(19)15(18)12-9-7-11(8-10-12)13-5-3-4-6-14(13)17/h3-10,15,18H,2H2,1H3. The van der Waals surface area contributed by atoms with Gasteiger partial charge in [-0.15, -0.1) is 0 Å². The molecule has 0 aliphatic carbocycles. The number of benzene rings is 2. The van der Waals surface area contributed by atoms with E-state index in [0.717, 1.165) is 15.6 Å². The molecule has 0 bridgehead atoms. The minimum atomic E-state index is -1.23. The van der Waals surface area contributed by atoms with Crippen molar-refractivity contribution in [3.8, 4) is 11.1 Å². The lowest BCUT2D eigenvalue weighted by atomic mass is 10.0. The zero-order valence-corrected chi connectivity index (χ0v) is 12.6. The van der Waals surface area contributed by atoms with Crippen LogP contribution in [0.15, 0.2) is 53.0 Å². The van der Waals surface area contributed by atoms with E-state index < -0.39 is 12.1 Å². The van der Waals surface area contributed by atoms with Crippen LogP contribution in [0.4, 0.5) is 0 Å². The van der Waals surface area contributed by atoms with Gasteiger partial charge in [0.25, 0.3) is 0 Å². The van der Waals surface area contributed by atoms with Gasteiger partial charge in [0, 0.05) is 4.47 Å². The topological polar surface area (TPSA) is 46.5 Å². The highest BCUT2D eigenvalue weighted by Crippen LogP contribution is 2.28. The summed E-state index contributed by atoms with van der Waals surface area (Å²) < 4.78 is 5.79. The lowest BCUT2D eigenvalue weighted by molar-refractivity contribution is -0.153. The van der Waals surface area contributed by atoms with Crippen molar-refractivity contribution in [2.75, 3.05) is 6.61 Å². The van der Waals surface area contributed by atoms with Gasteiger partial charge in [-0.1, -0.05) is 58.4 Å². The number of carbonyl (C=O) groups excluding carboxylic acids is 1. The minimum absolute atomic E-state index is 0.255. The first-order chi connectivity index (χ1) is 9.63. The van der Waals surface area contributed by atoms with E-state index in [-0.39, 0.29) is 6.61 Å². The monoisotopic (exact) mass is 334 g/mol. The van der Waals surface area contributed by atoms with Crippen LogP contribution in [0.1, 0.15) is 18.6 Å². The van der Waals surface area contributed by atoms with Gasteiger partial charge in [0.05, 0.1) is 6.61 Å². The molecule has 104 valence electrons. The van der Waals surface area contributed by atoms with Crippen LogP contribution < -0.4 is 0 Å². The molecule has 0 heterocycles. The van der Waals surface area contributed by atoms with Gasteiger partial charge in [0.2, 0.25) is 0 Å². The number of ether oxygens (including phenoxy) is 1. The first kappa shape index (κ1) is 14.8. The quantitative estimate of drug-likeness (QED) is 0.867. The fraction of sp³-hybridized carbons (Fsp3) is 0.188. The van der Waals surface area contributed by atoms with E-state index in [9.17, 15) is 9.90 Å². The van der Waals surface area contributed by atoms with Crippen LogP contribution in [0, 0.1) is 0 Å². The maximum atomic E-state index is 11.5. The summed E-state index contributed by atoms with van der Waals surface area (Å²) in [6.45, 7) is 1.96.